The molecule has 1 aliphatic heterocycles. The number of nitrogens with one attached hydrogen (secondary N) is 3. The van der Waals surface area contributed by atoms with E-state index >= 15 is 0 Å². The Morgan fingerprint density at radius 3 is 2.13 bits per heavy atom. The van der Waals surface area contributed by atoms with Gasteiger partial charge in [-0.1, -0.05) is 12.1 Å². The number of anilines is 4. The maximum Gasteiger partial charge on any atom is 0.323 e. The molecular weight excluding hydrogens is 500 g/mol. The first-order valence-electron chi connectivity index (χ1n) is 12.8. The minimum atomic E-state index is -0.518. The van der Waals surface area contributed by atoms with Crippen LogP contribution in [0.3, 0.4) is 0 Å². The molecule has 1 saturated carbocycles. The number of carbonyl (C=O) groups is 2. The molecule has 3 amide bonds. The summed E-state index contributed by atoms with van der Waals surface area (Å²) in [7, 11) is 1.67. The van der Waals surface area contributed by atoms with Gasteiger partial charge in [0.1, 0.15) is 5.75 Å². The van der Waals surface area contributed by atoms with Crippen LogP contribution in [0, 0.1) is 10.1 Å². The van der Waals surface area contributed by atoms with Gasteiger partial charge in [-0.3, -0.25) is 14.9 Å². The van der Waals surface area contributed by atoms with Crippen LogP contribution < -0.4 is 30.5 Å². The van der Waals surface area contributed by atoms with Gasteiger partial charge in [-0.25, -0.2) is 4.79 Å². The van der Waals surface area contributed by atoms with Crippen molar-refractivity contribution < 1.29 is 19.2 Å². The Kier molecular flexibility index (Phi) is 7.48. The number of ether oxygens (including phenoxy) is 1. The summed E-state index contributed by atoms with van der Waals surface area (Å²) in [6, 6.07) is 18.5. The van der Waals surface area contributed by atoms with Crippen molar-refractivity contribution in [3.8, 4) is 5.75 Å². The van der Waals surface area contributed by atoms with E-state index in [4.69, 9.17) is 4.74 Å². The molecule has 0 radical (unpaired) electrons. The Morgan fingerprint density at radius 2 is 1.49 bits per heavy atom. The van der Waals surface area contributed by atoms with Crippen LogP contribution in [-0.4, -0.2) is 56.2 Å². The van der Waals surface area contributed by atoms with Crippen LogP contribution in [0.2, 0.25) is 0 Å². The molecule has 202 valence electrons. The monoisotopic (exact) mass is 530 g/mol. The van der Waals surface area contributed by atoms with E-state index in [2.05, 4.69) is 25.8 Å². The van der Waals surface area contributed by atoms with E-state index in [0.29, 0.717) is 16.9 Å². The number of benzene rings is 3. The quantitative estimate of drug-likeness (QED) is 0.290. The lowest BCUT2D eigenvalue weighted by molar-refractivity contribution is -0.384. The highest BCUT2D eigenvalue weighted by Gasteiger charge is 2.28. The number of hydrogen-bond acceptors (Lipinski definition) is 7. The Balaban J connectivity index is 1.29. The Labute approximate surface area is 225 Å². The number of nitro benzene ring substituents is 1. The number of carbonyl (C=O) groups excluding carboxylic acids is 2. The van der Waals surface area contributed by atoms with Crippen LogP contribution in [0.1, 0.15) is 23.2 Å². The molecule has 11 heteroatoms. The fraction of sp³-hybridized carbons (Fsp3) is 0.286. The van der Waals surface area contributed by atoms with Gasteiger partial charge < -0.3 is 30.5 Å². The SMILES string of the molecule is COc1ccccc1N1CCN(c2ccc(NC(=O)Nc3ccc([N+](=O)[O-])cc3)cc2C(=O)NC2CC2)CC1. The van der Waals surface area contributed by atoms with Gasteiger partial charge in [0.25, 0.3) is 11.6 Å². The summed E-state index contributed by atoms with van der Waals surface area (Å²) in [6.07, 6.45) is 1.93. The van der Waals surface area contributed by atoms with Crippen molar-refractivity contribution in [2.24, 2.45) is 0 Å². The van der Waals surface area contributed by atoms with Crippen molar-refractivity contribution in [1.29, 1.82) is 0 Å². The maximum atomic E-state index is 13.2. The minimum Gasteiger partial charge on any atom is -0.495 e. The second-order valence-corrected chi connectivity index (χ2v) is 9.51. The molecule has 0 unspecified atom stereocenters. The number of piperazine rings is 1. The number of hydrogen-bond donors (Lipinski definition) is 3. The van der Waals surface area contributed by atoms with Gasteiger partial charge >= 0.3 is 6.03 Å². The van der Waals surface area contributed by atoms with Crippen molar-refractivity contribution >= 4 is 40.4 Å². The van der Waals surface area contributed by atoms with Crippen LogP contribution in [0.4, 0.5) is 33.2 Å². The molecule has 3 N–H and O–H groups in total. The number of non-ortho nitro benzene ring substituents is 1. The molecule has 1 aliphatic carbocycles. The third kappa shape index (κ3) is 6.20. The molecule has 0 spiro atoms. The Bertz CT molecular complexity index is 1370. The van der Waals surface area contributed by atoms with Crippen molar-refractivity contribution in [1.82, 2.24) is 5.32 Å². The fourth-order valence-corrected chi connectivity index (χ4v) is 4.60. The molecule has 1 saturated heterocycles. The standard InChI is InChI=1S/C28H30N6O5/c1-39-26-5-3-2-4-25(26)33-16-14-32(15-17-33)24-13-10-21(18-23(24)27(35)29-19-6-7-19)31-28(36)30-20-8-11-22(12-9-20)34(37)38/h2-5,8-13,18-19H,6-7,14-17H2,1H3,(H,29,35)(H2,30,31,36). The highest BCUT2D eigenvalue weighted by Crippen LogP contribution is 2.31. The second kappa shape index (κ2) is 11.3. The van der Waals surface area contributed by atoms with Crippen molar-refractivity contribution in [2.45, 2.75) is 18.9 Å². The number of nitrogens with zero attached hydrogens (tertiary/aromatic N) is 3. The van der Waals surface area contributed by atoms with Crippen LogP contribution in [0.15, 0.2) is 66.7 Å². The van der Waals surface area contributed by atoms with Crippen LogP contribution in [0.5, 0.6) is 5.75 Å². The van der Waals surface area contributed by atoms with Gasteiger partial charge in [0.05, 0.1) is 23.3 Å². The van der Waals surface area contributed by atoms with Gasteiger partial charge in [0, 0.05) is 61.4 Å². The lowest BCUT2D eigenvalue weighted by atomic mass is 10.1. The first-order chi connectivity index (χ1) is 18.9. The summed E-state index contributed by atoms with van der Waals surface area (Å²) >= 11 is 0. The van der Waals surface area contributed by atoms with Crippen LogP contribution in [-0.2, 0) is 0 Å². The van der Waals surface area contributed by atoms with Gasteiger partial charge in [-0.05, 0) is 55.3 Å². The molecule has 0 aromatic heterocycles. The smallest absolute Gasteiger partial charge is 0.323 e. The molecule has 0 atom stereocenters. The molecule has 3 aromatic rings. The molecular formula is C28H30N6O5. The summed E-state index contributed by atoms with van der Waals surface area (Å²) in [6.45, 7) is 2.97. The van der Waals surface area contributed by atoms with E-state index in [1.807, 2.05) is 30.3 Å². The highest BCUT2D eigenvalue weighted by molar-refractivity contribution is 6.04. The third-order valence-corrected chi connectivity index (χ3v) is 6.79. The Morgan fingerprint density at radius 1 is 0.872 bits per heavy atom. The number of methoxy groups -OCH3 is 1. The number of nitro groups is 1. The van der Waals surface area contributed by atoms with E-state index in [-0.39, 0.29) is 17.6 Å². The Hall–Kier alpha value is -4.80. The normalized spacial score (nSPS) is 14.9. The van der Waals surface area contributed by atoms with Crippen LogP contribution >= 0.6 is 0 Å². The molecule has 39 heavy (non-hydrogen) atoms. The molecule has 3 aromatic carbocycles. The summed E-state index contributed by atoms with van der Waals surface area (Å²) in [4.78, 5) is 40.6. The predicted molar refractivity (Wildman–Crippen MR) is 150 cm³/mol. The molecule has 1 heterocycles. The average Bonchev–Trinajstić information content (AvgIpc) is 3.77. The second-order valence-electron chi connectivity index (χ2n) is 9.51. The lowest BCUT2D eigenvalue weighted by Crippen LogP contribution is -2.47. The van der Waals surface area contributed by atoms with Crippen molar-refractivity contribution in [3.63, 3.8) is 0 Å². The molecule has 2 aliphatic rings. The zero-order valence-corrected chi connectivity index (χ0v) is 21.6. The summed E-state index contributed by atoms with van der Waals surface area (Å²) in [5.74, 6) is 0.664. The van der Waals surface area contributed by atoms with Gasteiger partial charge in [-0.2, -0.15) is 0 Å². The van der Waals surface area contributed by atoms with E-state index in [9.17, 15) is 19.7 Å². The van der Waals surface area contributed by atoms with Crippen molar-refractivity contribution in [2.75, 3.05) is 53.7 Å². The highest BCUT2D eigenvalue weighted by atomic mass is 16.6. The molecule has 2 fully saturated rings. The molecule has 5 rings (SSSR count). The van der Waals surface area contributed by atoms with Crippen LogP contribution in [0.25, 0.3) is 0 Å². The number of para-hydroxylation sites is 2. The predicted octanol–water partition coefficient (Wildman–Crippen LogP) is 4.47. The topological polar surface area (TPSA) is 129 Å². The zero-order chi connectivity index (χ0) is 27.4. The zero-order valence-electron chi connectivity index (χ0n) is 21.6. The van der Waals surface area contributed by atoms with E-state index in [1.165, 1.54) is 24.3 Å². The van der Waals surface area contributed by atoms with Gasteiger partial charge in [-0.15, -0.1) is 0 Å². The summed E-state index contributed by atoms with van der Waals surface area (Å²) in [5, 5.41) is 19.3. The van der Waals surface area contributed by atoms with Gasteiger partial charge in [0.15, 0.2) is 0 Å². The van der Waals surface area contributed by atoms with E-state index in [1.54, 1.807) is 19.2 Å². The van der Waals surface area contributed by atoms with Crippen molar-refractivity contribution in [3.05, 3.63) is 82.4 Å². The molecule has 11 nitrogen and oxygen atoms in total. The third-order valence-electron chi connectivity index (χ3n) is 6.79. The number of urea groups is 1. The average molecular weight is 531 g/mol. The van der Waals surface area contributed by atoms with E-state index < -0.39 is 11.0 Å². The minimum absolute atomic E-state index is 0.0633. The first kappa shape index (κ1) is 25.8. The fourth-order valence-electron chi connectivity index (χ4n) is 4.60. The molecule has 0 bridgehead atoms. The van der Waals surface area contributed by atoms with E-state index in [0.717, 1.165) is 56.1 Å². The summed E-state index contributed by atoms with van der Waals surface area (Å²) in [5.41, 5.74) is 3.17. The first-order valence-corrected chi connectivity index (χ1v) is 12.8. The number of amides is 3. The summed E-state index contributed by atoms with van der Waals surface area (Å²) < 4.78 is 5.53. The lowest BCUT2D eigenvalue weighted by Gasteiger charge is -2.38. The number of rotatable bonds is 8. The maximum absolute atomic E-state index is 13.2. The largest absolute Gasteiger partial charge is 0.495 e. The van der Waals surface area contributed by atoms with Gasteiger partial charge in [0.2, 0.25) is 0 Å².